The van der Waals surface area contributed by atoms with E-state index in [1.165, 1.54) is 5.56 Å². The van der Waals surface area contributed by atoms with Gasteiger partial charge in [-0.15, -0.1) is 0 Å². The van der Waals surface area contributed by atoms with Crippen LogP contribution in [0.25, 0.3) is 10.9 Å². The zero-order chi connectivity index (χ0) is 22.6. The molecule has 5 rings (SSSR count). The number of halogens is 1. The van der Waals surface area contributed by atoms with Crippen LogP contribution < -0.4 is 5.32 Å². The Morgan fingerprint density at radius 3 is 2.15 bits per heavy atom. The van der Waals surface area contributed by atoms with Crippen LogP contribution in [0.5, 0.6) is 0 Å². The fourth-order valence-corrected chi connectivity index (χ4v) is 4.34. The minimum absolute atomic E-state index is 0.115. The Hall–Kier alpha value is -3.82. The van der Waals surface area contributed by atoms with Crippen LogP contribution in [0, 0.1) is 0 Å². The topological polar surface area (TPSA) is 34.0 Å². The van der Waals surface area contributed by atoms with Crippen molar-refractivity contribution in [2.75, 3.05) is 0 Å². The third-order valence-electron chi connectivity index (χ3n) is 5.84. The molecule has 4 aromatic carbocycles. The van der Waals surface area contributed by atoms with Crippen molar-refractivity contribution in [3.8, 4) is 0 Å². The Balaban J connectivity index is 1.60. The van der Waals surface area contributed by atoms with Gasteiger partial charge in [0.05, 0.1) is 6.04 Å². The summed E-state index contributed by atoms with van der Waals surface area (Å²) in [6.07, 6.45) is 2.15. The lowest BCUT2D eigenvalue weighted by Gasteiger charge is -2.19. The van der Waals surface area contributed by atoms with E-state index in [4.69, 9.17) is 11.6 Å². The number of para-hydroxylation sites is 1. The van der Waals surface area contributed by atoms with Crippen LogP contribution >= 0.6 is 11.6 Å². The smallest absolute Gasteiger partial charge is 0.252 e. The molecule has 1 heterocycles. The second-order valence-corrected chi connectivity index (χ2v) is 8.48. The molecule has 0 fully saturated rings. The van der Waals surface area contributed by atoms with E-state index in [-0.39, 0.29) is 11.9 Å². The highest BCUT2D eigenvalue weighted by Crippen LogP contribution is 2.32. The van der Waals surface area contributed by atoms with Crippen molar-refractivity contribution in [2.45, 2.75) is 12.6 Å². The molecule has 4 heteroatoms. The predicted molar refractivity (Wildman–Crippen MR) is 135 cm³/mol. The first-order chi connectivity index (χ1) is 16.2. The summed E-state index contributed by atoms with van der Waals surface area (Å²) in [5.74, 6) is -0.115. The van der Waals surface area contributed by atoms with Crippen LogP contribution in [0.1, 0.15) is 33.1 Å². The van der Waals surface area contributed by atoms with E-state index in [1.807, 2.05) is 72.8 Å². The third-order valence-corrected chi connectivity index (χ3v) is 6.09. The first kappa shape index (κ1) is 21.0. The van der Waals surface area contributed by atoms with E-state index in [1.54, 1.807) is 0 Å². The SMILES string of the molecule is O=C(N[C@H](c1ccc(Cl)cc1)c1cn(Cc2ccccc2)c2ccccc12)c1ccccc1. The second-order valence-electron chi connectivity index (χ2n) is 8.04. The number of fused-ring (bicyclic) bond motifs is 1. The Labute approximate surface area is 198 Å². The van der Waals surface area contributed by atoms with E-state index < -0.39 is 0 Å². The second kappa shape index (κ2) is 9.35. The van der Waals surface area contributed by atoms with E-state index in [0.717, 1.165) is 28.6 Å². The van der Waals surface area contributed by atoms with Crippen LogP contribution in [0.2, 0.25) is 5.02 Å². The molecule has 162 valence electrons. The third kappa shape index (κ3) is 4.55. The molecule has 3 nitrogen and oxygen atoms in total. The first-order valence-electron chi connectivity index (χ1n) is 10.9. The summed E-state index contributed by atoms with van der Waals surface area (Å²) in [7, 11) is 0. The summed E-state index contributed by atoms with van der Waals surface area (Å²) in [6.45, 7) is 0.751. The van der Waals surface area contributed by atoms with Gasteiger partial charge in [-0.25, -0.2) is 0 Å². The van der Waals surface area contributed by atoms with Gasteiger partial charge in [-0.1, -0.05) is 90.5 Å². The lowest BCUT2D eigenvalue weighted by molar-refractivity contribution is 0.0943. The Bertz CT molecular complexity index is 1380. The average molecular weight is 451 g/mol. The number of benzene rings is 4. The molecule has 1 N–H and O–H groups in total. The zero-order valence-corrected chi connectivity index (χ0v) is 18.7. The molecule has 0 saturated carbocycles. The van der Waals surface area contributed by atoms with Crippen LogP contribution in [0.4, 0.5) is 0 Å². The maximum absolute atomic E-state index is 13.2. The highest BCUT2D eigenvalue weighted by molar-refractivity contribution is 6.30. The molecule has 0 bridgehead atoms. The highest BCUT2D eigenvalue weighted by atomic mass is 35.5. The van der Waals surface area contributed by atoms with Crippen LogP contribution in [-0.4, -0.2) is 10.5 Å². The largest absolute Gasteiger partial charge is 0.343 e. The number of nitrogens with zero attached hydrogens (tertiary/aromatic N) is 1. The molecule has 5 aromatic rings. The normalized spacial score (nSPS) is 11.9. The number of hydrogen-bond acceptors (Lipinski definition) is 1. The van der Waals surface area contributed by atoms with Gasteiger partial charge in [-0.05, 0) is 41.5 Å². The van der Waals surface area contributed by atoms with Gasteiger partial charge >= 0.3 is 0 Å². The summed E-state index contributed by atoms with van der Waals surface area (Å²) in [6, 6.07) is 35.4. The summed E-state index contributed by atoms with van der Waals surface area (Å²) >= 11 is 6.16. The Kier molecular flexibility index (Phi) is 5.97. The molecule has 1 aromatic heterocycles. The standard InChI is InChI=1S/C29H23ClN2O/c30-24-17-15-22(16-18-24)28(31-29(33)23-11-5-2-6-12-23)26-20-32(19-21-9-3-1-4-10-21)27-14-8-7-13-25(26)27/h1-18,20,28H,19H2,(H,31,33)/t28-/m1/s1. The lowest BCUT2D eigenvalue weighted by atomic mass is 9.97. The van der Waals surface area contributed by atoms with Gasteiger partial charge in [0, 0.05) is 39.8 Å². The molecule has 0 radical (unpaired) electrons. The van der Waals surface area contributed by atoms with Crippen molar-refractivity contribution in [2.24, 2.45) is 0 Å². The molecule has 0 aliphatic heterocycles. The Morgan fingerprint density at radius 2 is 1.42 bits per heavy atom. The van der Waals surface area contributed by atoms with E-state index >= 15 is 0 Å². The number of aromatic nitrogens is 1. The van der Waals surface area contributed by atoms with Crippen molar-refractivity contribution in [3.63, 3.8) is 0 Å². The van der Waals surface area contributed by atoms with Gasteiger partial charge < -0.3 is 9.88 Å². The quantitative estimate of drug-likeness (QED) is 0.301. The number of amides is 1. The van der Waals surface area contributed by atoms with Gasteiger partial charge in [-0.3, -0.25) is 4.79 Å². The Morgan fingerprint density at radius 1 is 0.788 bits per heavy atom. The summed E-state index contributed by atoms with van der Waals surface area (Å²) in [4.78, 5) is 13.2. The monoisotopic (exact) mass is 450 g/mol. The van der Waals surface area contributed by atoms with Gasteiger partial charge in [0.2, 0.25) is 0 Å². The predicted octanol–water partition coefficient (Wildman–Crippen LogP) is 6.86. The van der Waals surface area contributed by atoms with E-state index in [0.29, 0.717) is 10.6 Å². The number of nitrogens with one attached hydrogen (secondary N) is 1. The molecule has 0 unspecified atom stereocenters. The molecule has 0 spiro atoms. The van der Waals surface area contributed by atoms with Crippen LogP contribution in [0.15, 0.2) is 115 Å². The number of rotatable bonds is 6. The maximum Gasteiger partial charge on any atom is 0.252 e. The van der Waals surface area contributed by atoms with Gasteiger partial charge in [0.25, 0.3) is 5.91 Å². The van der Waals surface area contributed by atoms with Gasteiger partial charge in [0.1, 0.15) is 0 Å². The summed E-state index contributed by atoms with van der Waals surface area (Å²) < 4.78 is 2.25. The van der Waals surface area contributed by atoms with Crippen molar-refractivity contribution < 1.29 is 4.79 Å². The molecule has 0 aliphatic rings. The molecular weight excluding hydrogens is 428 g/mol. The maximum atomic E-state index is 13.2. The van der Waals surface area contributed by atoms with Crippen molar-refractivity contribution in [1.29, 1.82) is 0 Å². The molecule has 1 amide bonds. The number of hydrogen-bond donors (Lipinski definition) is 1. The zero-order valence-electron chi connectivity index (χ0n) is 18.0. The molecular formula is C29H23ClN2O. The summed E-state index contributed by atoms with van der Waals surface area (Å²) in [5.41, 5.74) is 5.01. The van der Waals surface area contributed by atoms with Crippen LogP contribution in [-0.2, 0) is 6.54 Å². The minimum atomic E-state index is -0.322. The van der Waals surface area contributed by atoms with Crippen LogP contribution in [0.3, 0.4) is 0 Å². The number of carbonyl (C=O) groups excluding carboxylic acids is 1. The van der Waals surface area contributed by atoms with Crippen molar-refractivity contribution in [1.82, 2.24) is 9.88 Å². The fraction of sp³-hybridized carbons (Fsp3) is 0.0690. The number of carbonyl (C=O) groups is 1. The minimum Gasteiger partial charge on any atom is -0.343 e. The van der Waals surface area contributed by atoms with Crippen molar-refractivity contribution in [3.05, 3.63) is 143 Å². The molecule has 33 heavy (non-hydrogen) atoms. The summed E-state index contributed by atoms with van der Waals surface area (Å²) in [5, 5.41) is 5.04. The first-order valence-corrected chi connectivity index (χ1v) is 11.3. The lowest BCUT2D eigenvalue weighted by Crippen LogP contribution is -2.29. The van der Waals surface area contributed by atoms with E-state index in [2.05, 4.69) is 52.5 Å². The molecule has 1 atom stereocenters. The molecule has 0 saturated heterocycles. The fourth-order valence-electron chi connectivity index (χ4n) is 4.22. The van der Waals surface area contributed by atoms with Crippen molar-refractivity contribution >= 4 is 28.4 Å². The highest BCUT2D eigenvalue weighted by Gasteiger charge is 2.22. The molecule has 0 aliphatic carbocycles. The van der Waals surface area contributed by atoms with Gasteiger partial charge in [0.15, 0.2) is 0 Å². The van der Waals surface area contributed by atoms with Gasteiger partial charge in [-0.2, -0.15) is 0 Å². The average Bonchev–Trinajstić information content (AvgIpc) is 3.22. The van der Waals surface area contributed by atoms with E-state index in [9.17, 15) is 4.79 Å².